The van der Waals surface area contributed by atoms with E-state index in [2.05, 4.69) is 52.5 Å². The first-order valence-corrected chi connectivity index (χ1v) is 9.47. The maximum atomic E-state index is 14.0. The Morgan fingerprint density at radius 3 is 2.79 bits per heavy atom. The van der Waals surface area contributed by atoms with Crippen molar-refractivity contribution in [2.45, 2.75) is 12.5 Å². The van der Waals surface area contributed by atoms with Crippen LogP contribution >= 0.6 is 0 Å². The van der Waals surface area contributed by atoms with Gasteiger partial charge < -0.3 is 4.90 Å². The summed E-state index contributed by atoms with van der Waals surface area (Å²) in [5, 5.41) is 9.86. The SMILES string of the molecule is CN1Cc2cc(-c3cccnn3)ccc2C(c2ccc3c(F)cccc3c2)C1. The van der Waals surface area contributed by atoms with Crippen molar-refractivity contribution in [2.24, 2.45) is 0 Å². The molecule has 0 spiro atoms. The average Bonchev–Trinajstić information content (AvgIpc) is 2.73. The molecule has 0 fully saturated rings. The van der Waals surface area contributed by atoms with Crippen molar-refractivity contribution in [3.8, 4) is 11.3 Å². The molecule has 1 aliphatic rings. The summed E-state index contributed by atoms with van der Waals surface area (Å²) in [6, 6.07) is 21.8. The summed E-state index contributed by atoms with van der Waals surface area (Å²) in [6.07, 6.45) is 1.69. The van der Waals surface area contributed by atoms with Gasteiger partial charge in [-0.15, -0.1) is 0 Å². The van der Waals surface area contributed by atoms with E-state index in [-0.39, 0.29) is 11.7 Å². The molecule has 138 valence electrons. The molecule has 0 N–H and O–H groups in total. The van der Waals surface area contributed by atoms with Crippen molar-refractivity contribution in [1.82, 2.24) is 15.1 Å². The minimum Gasteiger partial charge on any atom is -0.301 e. The predicted octanol–water partition coefficient (Wildman–Crippen LogP) is 5.01. The van der Waals surface area contributed by atoms with Crippen LogP contribution in [0.3, 0.4) is 0 Å². The van der Waals surface area contributed by atoms with Gasteiger partial charge in [-0.3, -0.25) is 0 Å². The number of nitrogens with zero attached hydrogens (tertiary/aromatic N) is 3. The van der Waals surface area contributed by atoms with Gasteiger partial charge in [-0.1, -0.05) is 42.5 Å². The van der Waals surface area contributed by atoms with Crippen LogP contribution in [0.5, 0.6) is 0 Å². The van der Waals surface area contributed by atoms with Gasteiger partial charge in [-0.2, -0.15) is 10.2 Å². The zero-order valence-corrected chi connectivity index (χ0v) is 15.6. The second kappa shape index (κ2) is 6.80. The zero-order chi connectivity index (χ0) is 19.1. The highest BCUT2D eigenvalue weighted by atomic mass is 19.1. The molecule has 4 heteroatoms. The molecule has 4 aromatic rings. The summed E-state index contributed by atoms with van der Waals surface area (Å²) in [5.41, 5.74) is 5.83. The fourth-order valence-electron chi connectivity index (χ4n) is 4.23. The highest BCUT2D eigenvalue weighted by Crippen LogP contribution is 2.36. The molecular weight excluding hydrogens is 349 g/mol. The van der Waals surface area contributed by atoms with Crippen LogP contribution in [-0.4, -0.2) is 28.7 Å². The van der Waals surface area contributed by atoms with Crippen LogP contribution in [0.2, 0.25) is 0 Å². The molecule has 0 bridgehead atoms. The van der Waals surface area contributed by atoms with Crippen molar-refractivity contribution in [3.05, 3.63) is 95.4 Å². The molecule has 5 rings (SSSR count). The Hall–Kier alpha value is -3.11. The number of likely N-dealkylation sites (N-methyl/N-ethyl adjacent to an activating group) is 1. The summed E-state index contributed by atoms with van der Waals surface area (Å²) in [4.78, 5) is 2.34. The minimum atomic E-state index is -0.168. The number of rotatable bonds is 2. The van der Waals surface area contributed by atoms with Crippen molar-refractivity contribution in [2.75, 3.05) is 13.6 Å². The fraction of sp³-hybridized carbons (Fsp3) is 0.167. The first kappa shape index (κ1) is 17.0. The monoisotopic (exact) mass is 369 g/mol. The average molecular weight is 369 g/mol. The summed E-state index contributed by atoms with van der Waals surface area (Å²) in [5.74, 6) is 0.0937. The second-order valence-corrected chi connectivity index (χ2v) is 7.49. The predicted molar refractivity (Wildman–Crippen MR) is 110 cm³/mol. The van der Waals surface area contributed by atoms with E-state index in [9.17, 15) is 4.39 Å². The second-order valence-electron chi connectivity index (χ2n) is 7.49. The lowest BCUT2D eigenvalue weighted by Gasteiger charge is -2.33. The highest BCUT2D eigenvalue weighted by molar-refractivity contribution is 5.84. The Bertz CT molecular complexity index is 1160. The van der Waals surface area contributed by atoms with Crippen LogP contribution in [-0.2, 0) is 6.54 Å². The molecule has 2 heterocycles. The van der Waals surface area contributed by atoms with Gasteiger partial charge in [0.1, 0.15) is 5.82 Å². The molecule has 3 aromatic carbocycles. The lowest BCUT2D eigenvalue weighted by Crippen LogP contribution is -2.31. The molecule has 3 nitrogen and oxygen atoms in total. The number of hydrogen-bond acceptors (Lipinski definition) is 3. The standard InChI is InChI=1S/C24H20FN3/c1-28-14-19-13-18(24-6-3-11-26-27-24)8-9-20(19)22(15-28)17-7-10-21-16(12-17)4-2-5-23(21)25/h2-13,22H,14-15H2,1H3. The van der Waals surface area contributed by atoms with Gasteiger partial charge in [0.05, 0.1) is 5.69 Å². The molecular formula is C24H20FN3. The third-order valence-electron chi connectivity index (χ3n) is 5.57. The summed E-state index contributed by atoms with van der Waals surface area (Å²) >= 11 is 0. The quantitative estimate of drug-likeness (QED) is 0.497. The summed E-state index contributed by atoms with van der Waals surface area (Å²) in [7, 11) is 2.14. The van der Waals surface area contributed by atoms with Gasteiger partial charge in [-0.25, -0.2) is 4.39 Å². The van der Waals surface area contributed by atoms with E-state index >= 15 is 0 Å². The summed E-state index contributed by atoms with van der Waals surface area (Å²) in [6.45, 7) is 1.85. The van der Waals surface area contributed by atoms with Crippen molar-refractivity contribution >= 4 is 10.8 Å². The van der Waals surface area contributed by atoms with Crippen molar-refractivity contribution in [1.29, 1.82) is 0 Å². The molecule has 0 saturated heterocycles. The lowest BCUT2D eigenvalue weighted by molar-refractivity contribution is 0.295. The van der Waals surface area contributed by atoms with Gasteiger partial charge in [0, 0.05) is 36.2 Å². The zero-order valence-electron chi connectivity index (χ0n) is 15.6. The minimum absolute atomic E-state index is 0.168. The van der Waals surface area contributed by atoms with E-state index in [1.165, 1.54) is 22.8 Å². The van der Waals surface area contributed by atoms with Crippen LogP contribution in [0.15, 0.2) is 72.9 Å². The Kier molecular flexibility index (Phi) is 4.14. The maximum absolute atomic E-state index is 14.0. The number of hydrogen-bond donors (Lipinski definition) is 0. The van der Waals surface area contributed by atoms with E-state index in [1.54, 1.807) is 12.3 Å². The largest absolute Gasteiger partial charge is 0.301 e. The third kappa shape index (κ3) is 2.96. The van der Waals surface area contributed by atoms with Gasteiger partial charge in [0.2, 0.25) is 0 Å². The van der Waals surface area contributed by atoms with Crippen LogP contribution in [0.4, 0.5) is 4.39 Å². The van der Waals surface area contributed by atoms with E-state index in [4.69, 9.17) is 0 Å². The molecule has 28 heavy (non-hydrogen) atoms. The summed E-state index contributed by atoms with van der Waals surface area (Å²) < 4.78 is 14.0. The van der Waals surface area contributed by atoms with E-state index < -0.39 is 0 Å². The fourth-order valence-corrected chi connectivity index (χ4v) is 4.23. The van der Waals surface area contributed by atoms with Crippen LogP contribution in [0.1, 0.15) is 22.6 Å². The van der Waals surface area contributed by atoms with Crippen molar-refractivity contribution in [3.63, 3.8) is 0 Å². The molecule has 0 radical (unpaired) electrons. The lowest BCUT2D eigenvalue weighted by atomic mass is 9.83. The Balaban J connectivity index is 1.59. The van der Waals surface area contributed by atoms with Gasteiger partial charge in [-0.05, 0) is 53.4 Å². The first-order valence-electron chi connectivity index (χ1n) is 9.47. The van der Waals surface area contributed by atoms with Gasteiger partial charge >= 0.3 is 0 Å². The topological polar surface area (TPSA) is 29.0 Å². The maximum Gasteiger partial charge on any atom is 0.131 e. The molecule has 0 amide bonds. The number of benzene rings is 3. The number of fused-ring (bicyclic) bond motifs is 2. The molecule has 1 aromatic heterocycles. The molecule has 0 saturated carbocycles. The highest BCUT2D eigenvalue weighted by Gasteiger charge is 2.25. The van der Waals surface area contributed by atoms with Crippen LogP contribution in [0.25, 0.3) is 22.0 Å². The van der Waals surface area contributed by atoms with E-state index in [0.29, 0.717) is 5.39 Å². The molecule has 1 unspecified atom stereocenters. The van der Waals surface area contributed by atoms with E-state index in [1.807, 2.05) is 24.3 Å². The van der Waals surface area contributed by atoms with Crippen LogP contribution < -0.4 is 0 Å². The number of halogens is 1. The van der Waals surface area contributed by atoms with Crippen LogP contribution in [0, 0.1) is 5.82 Å². The normalized spacial score (nSPS) is 16.9. The van der Waals surface area contributed by atoms with Crippen molar-refractivity contribution < 1.29 is 4.39 Å². The molecule has 1 atom stereocenters. The molecule has 0 aliphatic carbocycles. The van der Waals surface area contributed by atoms with Gasteiger partial charge in [0.15, 0.2) is 0 Å². The van der Waals surface area contributed by atoms with E-state index in [0.717, 1.165) is 29.7 Å². The number of aromatic nitrogens is 2. The first-order chi connectivity index (χ1) is 13.7. The third-order valence-corrected chi connectivity index (χ3v) is 5.57. The Morgan fingerprint density at radius 2 is 1.93 bits per heavy atom. The smallest absolute Gasteiger partial charge is 0.131 e. The Morgan fingerprint density at radius 1 is 1.00 bits per heavy atom. The molecule has 1 aliphatic heterocycles. The Labute approximate surface area is 163 Å². The van der Waals surface area contributed by atoms with Gasteiger partial charge in [0.25, 0.3) is 0 Å².